The predicted molar refractivity (Wildman–Crippen MR) is 81.1 cm³/mol. The molecule has 2 fully saturated rings. The van der Waals surface area contributed by atoms with Crippen LogP contribution >= 0.6 is 0 Å². The summed E-state index contributed by atoms with van der Waals surface area (Å²) < 4.78 is 1.26. The summed E-state index contributed by atoms with van der Waals surface area (Å²) in [7, 11) is 0. The van der Waals surface area contributed by atoms with Gasteiger partial charge in [-0.1, -0.05) is 0 Å². The van der Waals surface area contributed by atoms with E-state index in [4.69, 9.17) is 0 Å². The summed E-state index contributed by atoms with van der Waals surface area (Å²) in [5, 5.41) is 11.0. The molecular formula is C15H18N4O5. The molecule has 0 N–H and O–H groups in total. The number of amides is 1. The van der Waals surface area contributed by atoms with Gasteiger partial charge in [0.25, 0.3) is 5.91 Å². The van der Waals surface area contributed by atoms with Crippen molar-refractivity contribution >= 4 is 23.3 Å². The molecule has 1 aliphatic carbocycles. The van der Waals surface area contributed by atoms with Gasteiger partial charge in [0.2, 0.25) is 0 Å². The van der Waals surface area contributed by atoms with Crippen LogP contribution < -0.4 is 0 Å². The number of imidazole rings is 1. The molecule has 9 heteroatoms. The Labute approximate surface area is 137 Å². The number of aryl methyl sites for hydroxylation is 1. The van der Waals surface area contributed by atoms with E-state index in [9.17, 15) is 24.5 Å². The van der Waals surface area contributed by atoms with Crippen molar-refractivity contribution in [3.63, 3.8) is 0 Å². The highest BCUT2D eigenvalue weighted by molar-refractivity contribution is 6.13. The van der Waals surface area contributed by atoms with Crippen molar-refractivity contribution in [3.8, 4) is 0 Å². The first-order chi connectivity index (χ1) is 11.3. The average Bonchev–Trinajstić information content (AvgIpc) is 3.04. The van der Waals surface area contributed by atoms with Crippen molar-refractivity contribution < 1.29 is 19.3 Å². The standard InChI is InChI=1S/C15H18N4O5/c1-10-16-8-13(19(23)24)18(10)9-14(22)17-6-4-15(5-7-17)11(20)2-3-12(15)21/h8H,2-7,9H2,1H3. The molecule has 1 saturated carbocycles. The SMILES string of the molecule is Cc1ncc([N+](=O)[O-])n1CC(=O)N1CCC2(CC1)C(=O)CCC2=O. The van der Waals surface area contributed by atoms with Crippen LogP contribution in [0.25, 0.3) is 0 Å². The summed E-state index contributed by atoms with van der Waals surface area (Å²) in [4.78, 5) is 52.4. The summed E-state index contributed by atoms with van der Waals surface area (Å²) in [5.74, 6) is -0.131. The number of hydrogen-bond acceptors (Lipinski definition) is 6. The van der Waals surface area contributed by atoms with Gasteiger partial charge in [0.15, 0.2) is 12.4 Å². The van der Waals surface area contributed by atoms with Crippen molar-refractivity contribution in [1.29, 1.82) is 0 Å². The molecule has 2 aliphatic rings. The fourth-order valence-corrected chi connectivity index (χ4v) is 3.59. The van der Waals surface area contributed by atoms with Gasteiger partial charge in [-0.2, -0.15) is 0 Å². The molecule has 0 bridgehead atoms. The first-order valence-corrected chi connectivity index (χ1v) is 7.86. The maximum Gasteiger partial charge on any atom is 0.343 e. The highest BCUT2D eigenvalue weighted by Gasteiger charge is 2.51. The molecule has 1 spiro atoms. The molecule has 1 aliphatic heterocycles. The van der Waals surface area contributed by atoms with Crippen molar-refractivity contribution in [2.24, 2.45) is 5.41 Å². The smallest absolute Gasteiger partial charge is 0.343 e. The Morgan fingerprint density at radius 1 is 1.29 bits per heavy atom. The largest absolute Gasteiger partial charge is 0.358 e. The van der Waals surface area contributed by atoms with Crippen molar-refractivity contribution in [2.75, 3.05) is 13.1 Å². The van der Waals surface area contributed by atoms with Gasteiger partial charge in [0.1, 0.15) is 17.8 Å². The number of carbonyl (C=O) groups excluding carboxylic acids is 3. The second-order valence-electron chi connectivity index (χ2n) is 6.32. The molecule has 0 atom stereocenters. The maximum atomic E-state index is 12.4. The Morgan fingerprint density at radius 2 is 1.88 bits per heavy atom. The van der Waals surface area contributed by atoms with Crippen molar-refractivity contribution in [1.82, 2.24) is 14.5 Å². The molecule has 24 heavy (non-hydrogen) atoms. The normalized spacial score (nSPS) is 20.0. The molecule has 1 saturated heterocycles. The Hall–Kier alpha value is -2.58. The van der Waals surface area contributed by atoms with Gasteiger partial charge in [-0.3, -0.25) is 14.4 Å². The highest BCUT2D eigenvalue weighted by atomic mass is 16.6. The van der Waals surface area contributed by atoms with Gasteiger partial charge in [-0.25, -0.2) is 9.55 Å². The van der Waals surface area contributed by atoms with E-state index in [1.54, 1.807) is 11.8 Å². The van der Waals surface area contributed by atoms with Crippen LogP contribution in [-0.4, -0.2) is 49.9 Å². The Morgan fingerprint density at radius 3 is 2.42 bits per heavy atom. The van der Waals surface area contributed by atoms with Crippen molar-refractivity contribution in [3.05, 3.63) is 22.1 Å². The van der Waals surface area contributed by atoms with E-state index >= 15 is 0 Å². The molecule has 9 nitrogen and oxygen atoms in total. The van der Waals surface area contributed by atoms with Crippen LogP contribution in [0.4, 0.5) is 5.82 Å². The van der Waals surface area contributed by atoms with Crippen LogP contribution in [0.2, 0.25) is 0 Å². The van der Waals surface area contributed by atoms with E-state index in [-0.39, 0.29) is 29.8 Å². The second kappa shape index (κ2) is 5.81. The van der Waals surface area contributed by atoms with Crippen LogP contribution in [0.5, 0.6) is 0 Å². The minimum absolute atomic E-state index is 0.0132. The Kier molecular flexibility index (Phi) is 3.94. The third-order valence-electron chi connectivity index (χ3n) is 5.13. The van der Waals surface area contributed by atoms with Gasteiger partial charge >= 0.3 is 5.82 Å². The van der Waals surface area contributed by atoms with Gasteiger partial charge in [-0.05, 0) is 17.8 Å². The molecular weight excluding hydrogens is 316 g/mol. The minimum atomic E-state index is -0.895. The van der Waals surface area contributed by atoms with Crippen LogP contribution in [0.15, 0.2) is 6.20 Å². The van der Waals surface area contributed by atoms with E-state index in [1.807, 2.05) is 0 Å². The number of likely N-dealkylation sites (tertiary alicyclic amines) is 1. The lowest BCUT2D eigenvalue weighted by Crippen LogP contribution is -2.48. The van der Waals surface area contributed by atoms with Gasteiger partial charge in [-0.15, -0.1) is 0 Å². The predicted octanol–water partition coefficient (Wildman–Crippen LogP) is 0.641. The number of ketones is 2. The van der Waals surface area contributed by atoms with Gasteiger partial charge in [0.05, 0.1) is 5.41 Å². The summed E-state index contributed by atoms with van der Waals surface area (Å²) in [5.41, 5.74) is -0.895. The number of nitro groups is 1. The minimum Gasteiger partial charge on any atom is -0.358 e. The van der Waals surface area contributed by atoms with Gasteiger partial charge in [0, 0.05) is 32.9 Å². The summed E-state index contributed by atoms with van der Waals surface area (Å²) in [6.45, 7) is 2.06. The molecule has 0 radical (unpaired) electrons. The number of nitrogens with zero attached hydrogens (tertiary/aromatic N) is 4. The first-order valence-electron chi connectivity index (χ1n) is 7.86. The third-order valence-corrected chi connectivity index (χ3v) is 5.13. The Balaban J connectivity index is 1.68. The lowest BCUT2D eigenvalue weighted by Gasteiger charge is -2.36. The molecule has 0 unspecified atom stereocenters. The number of aromatic nitrogens is 2. The maximum absolute atomic E-state index is 12.4. The molecule has 1 aromatic heterocycles. The average molecular weight is 334 g/mol. The molecule has 1 aromatic rings. The number of carbonyl (C=O) groups is 3. The van der Waals surface area contributed by atoms with E-state index in [2.05, 4.69) is 4.98 Å². The van der Waals surface area contributed by atoms with Gasteiger partial charge < -0.3 is 15.0 Å². The van der Waals surface area contributed by atoms with E-state index in [0.29, 0.717) is 44.6 Å². The second-order valence-corrected chi connectivity index (χ2v) is 6.32. The van der Waals surface area contributed by atoms with Crippen LogP contribution in [0, 0.1) is 22.5 Å². The molecule has 1 amide bonds. The zero-order chi connectivity index (χ0) is 17.5. The highest BCUT2D eigenvalue weighted by Crippen LogP contribution is 2.40. The number of piperidine rings is 1. The number of rotatable bonds is 3. The van der Waals surface area contributed by atoms with Crippen molar-refractivity contribution in [2.45, 2.75) is 39.2 Å². The molecule has 0 aromatic carbocycles. The number of Topliss-reactive ketones (excluding diaryl/α,β-unsaturated/α-hetero) is 2. The Bertz CT molecular complexity index is 712. The molecule has 3 rings (SSSR count). The topological polar surface area (TPSA) is 115 Å². The fraction of sp³-hybridized carbons (Fsp3) is 0.600. The fourth-order valence-electron chi connectivity index (χ4n) is 3.59. The van der Waals surface area contributed by atoms with Crippen LogP contribution in [0.3, 0.4) is 0 Å². The third kappa shape index (κ3) is 2.49. The van der Waals surface area contributed by atoms with Crippen LogP contribution in [-0.2, 0) is 20.9 Å². The first kappa shape index (κ1) is 16.3. The van der Waals surface area contributed by atoms with Crippen LogP contribution in [0.1, 0.15) is 31.5 Å². The lowest BCUT2D eigenvalue weighted by molar-refractivity contribution is -0.392. The molecule has 128 valence electrons. The van der Waals surface area contributed by atoms with E-state index in [0.717, 1.165) is 6.20 Å². The lowest BCUT2D eigenvalue weighted by atomic mass is 9.75. The number of hydrogen-bond donors (Lipinski definition) is 0. The molecule has 2 heterocycles. The zero-order valence-corrected chi connectivity index (χ0v) is 13.4. The quantitative estimate of drug-likeness (QED) is 0.455. The summed E-state index contributed by atoms with van der Waals surface area (Å²) in [6, 6.07) is 0. The summed E-state index contributed by atoms with van der Waals surface area (Å²) >= 11 is 0. The van der Waals surface area contributed by atoms with E-state index in [1.165, 1.54) is 4.57 Å². The zero-order valence-electron chi connectivity index (χ0n) is 13.4. The monoisotopic (exact) mass is 334 g/mol. The van der Waals surface area contributed by atoms with E-state index < -0.39 is 10.3 Å². The summed E-state index contributed by atoms with van der Waals surface area (Å²) in [6.07, 6.45) is 2.42.